The number of thiocarbonyl (C=S) groups is 1. The Bertz CT molecular complexity index is 1600. The molecule has 41 heavy (non-hydrogen) atoms. The average Bonchev–Trinajstić information content (AvgIpc) is 3.25. The van der Waals surface area contributed by atoms with Gasteiger partial charge in [-0.05, 0) is 61.7 Å². The van der Waals surface area contributed by atoms with Gasteiger partial charge in [0.15, 0.2) is 0 Å². The molecule has 7 nitrogen and oxygen atoms in total. The summed E-state index contributed by atoms with van der Waals surface area (Å²) in [5.74, 6) is 0.250. The third-order valence-electron chi connectivity index (χ3n) is 7.55. The van der Waals surface area contributed by atoms with Crippen LogP contribution >= 0.6 is 24.0 Å². The van der Waals surface area contributed by atoms with Crippen LogP contribution in [0.2, 0.25) is 0 Å². The quantitative estimate of drug-likeness (QED) is 0.286. The minimum Gasteiger partial charge on any atom is -0.368 e. The van der Waals surface area contributed by atoms with E-state index in [1.807, 2.05) is 37.3 Å². The van der Waals surface area contributed by atoms with Crippen LogP contribution in [0.1, 0.15) is 29.2 Å². The van der Waals surface area contributed by atoms with Crippen molar-refractivity contribution in [3.8, 4) is 6.07 Å². The van der Waals surface area contributed by atoms with Gasteiger partial charge in [0.05, 0.1) is 4.91 Å². The number of nitriles is 1. The van der Waals surface area contributed by atoms with Crippen LogP contribution in [0, 0.1) is 24.1 Å². The van der Waals surface area contributed by atoms with Crippen LogP contribution < -0.4 is 15.4 Å². The summed E-state index contributed by atoms with van der Waals surface area (Å²) in [5, 5.41) is 9.87. The topological polar surface area (TPSA) is 72.6 Å². The van der Waals surface area contributed by atoms with Crippen molar-refractivity contribution in [3.05, 3.63) is 97.9 Å². The fourth-order valence-corrected chi connectivity index (χ4v) is 6.61. The number of halogens is 1. The third kappa shape index (κ3) is 5.78. The Morgan fingerprint density at radius 3 is 2.32 bits per heavy atom. The molecule has 0 bridgehead atoms. The predicted molar refractivity (Wildman–Crippen MR) is 167 cm³/mol. The molecular formula is C31H30FN5O2S2. The number of nitrogens with zero attached hydrogens (tertiary/aromatic N) is 5. The van der Waals surface area contributed by atoms with Crippen LogP contribution in [0.15, 0.2) is 64.3 Å². The summed E-state index contributed by atoms with van der Waals surface area (Å²) in [7, 11) is 0. The van der Waals surface area contributed by atoms with E-state index in [1.165, 1.54) is 23.9 Å². The molecule has 0 atom stereocenters. The molecule has 10 heteroatoms. The van der Waals surface area contributed by atoms with E-state index in [0.717, 1.165) is 11.3 Å². The predicted octanol–water partition coefficient (Wildman–Crippen LogP) is 4.96. The number of aromatic nitrogens is 1. The first-order chi connectivity index (χ1) is 19.8. The fraction of sp³-hybridized carbons (Fsp3) is 0.290. The number of carbonyl (C=O) groups excluding carboxylic acids is 1. The van der Waals surface area contributed by atoms with Crippen LogP contribution in [-0.2, 0) is 17.8 Å². The van der Waals surface area contributed by atoms with Crippen molar-refractivity contribution in [2.45, 2.75) is 26.8 Å². The van der Waals surface area contributed by atoms with E-state index in [9.17, 15) is 19.2 Å². The zero-order valence-electron chi connectivity index (χ0n) is 23.0. The van der Waals surface area contributed by atoms with Gasteiger partial charge in [0, 0.05) is 50.5 Å². The number of thioether (sulfide) groups is 1. The molecule has 0 spiro atoms. The van der Waals surface area contributed by atoms with E-state index in [0.29, 0.717) is 71.9 Å². The molecule has 2 aliphatic heterocycles. The number of rotatable bonds is 7. The van der Waals surface area contributed by atoms with Crippen LogP contribution in [0.25, 0.3) is 6.08 Å². The molecule has 2 aromatic carbocycles. The summed E-state index contributed by atoms with van der Waals surface area (Å²) < 4.78 is 15.6. The Hall–Kier alpha value is -3.94. The normalized spacial score (nSPS) is 16.5. The molecule has 0 saturated carbocycles. The number of piperazine rings is 1. The van der Waals surface area contributed by atoms with Gasteiger partial charge in [-0.15, -0.1) is 0 Å². The van der Waals surface area contributed by atoms with Gasteiger partial charge >= 0.3 is 0 Å². The zero-order valence-corrected chi connectivity index (χ0v) is 24.6. The van der Waals surface area contributed by atoms with E-state index in [2.05, 4.69) is 15.9 Å². The molecule has 5 rings (SSSR count). The lowest BCUT2D eigenvalue weighted by atomic mass is 10.0. The van der Waals surface area contributed by atoms with Crippen molar-refractivity contribution in [1.29, 1.82) is 5.26 Å². The average molecular weight is 588 g/mol. The Morgan fingerprint density at radius 1 is 1.02 bits per heavy atom. The molecule has 1 aromatic heterocycles. The van der Waals surface area contributed by atoms with E-state index in [4.69, 9.17) is 12.2 Å². The van der Waals surface area contributed by atoms with Crippen LogP contribution in [0.5, 0.6) is 0 Å². The van der Waals surface area contributed by atoms with E-state index in [-0.39, 0.29) is 22.8 Å². The molecule has 0 aliphatic carbocycles. The minimum absolute atomic E-state index is 0.0753. The second-order valence-electron chi connectivity index (χ2n) is 9.92. The van der Waals surface area contributed by atoms with E-state index in [1.54, 1.807) is 34.6 Å². The molecule has 0 unspecified atom stereocenters. The lowest BCUT2D eigenvalue weighted by Gasteiger charge is -2.39. The van der Waals surface area contributed by atoms with E-state index < -0.39 is 0 Å². The Balaban J connectivity index is 1.47. The van der Waals surface area contributed by atoms with Gasteiger partial charge in [-0.2, -0.15) is 5.26 Å². The van der Waals surface area contributed by atoms with Crippen LogP contribution in [0.3, 0.4) is 0 Å². The highest BCUT2D eigenvalue weighted by Crippen LogP contribution is 2.36. The lowest BCUT2D eigenvalue weighted by molar-refractivity contribution is -0.122. The van der Waals surface area contributed by atoms with Gasteiger partial charge in [0.25, 0.3) is 11.5 Å². The first-order valence-electron chi connectivity index (χ1n) is 13.5. The maximum absolute atomic E-state index is 13.5. The molecule has 3 heterocycles. The van der Waals surface area contributed by atoms with Gasteiger partial charge in [-0.1, -0.05) is 54.3 Å². The maximum Gasteiger partial charge on any atom is 0.270 e. The Labute approximate surface area is 248 Å². The zero-order chi connectivity index (χ0) is 29.1. The van der Waals surface area contributed by atoms with Crippen molar-refractivity contribution in [2.75, 3.05) is 42.5 Å². The van der Waals surface area contributed by atoms with Gasteiger partial charge in [-0.3, -0.25) is 19.1 Å². The number of hydrogen-bond donors (Lipinski definition) is 0. The summed E-state index contributed by atoms with van der Waals surface area (Å²) in [4.78, 5) is 33.3. The standard InChI is InChI=1S/C31H30FN5O2S2/c1-3-36-28(35-17-15-34(16-18-35)24-11-9-23(32)10-12-24)25(21(2)26(20-33)29(36)38)19-27-30(39)37(31(40)41-27)14-13-22-7-5-4-6-8-22/h4-12,19H,3,13-18H2,1-2H3. The van der Waals surface area contributed by atoms with Crippen molar-refractivity contribution < 1.29 is 9.18 Å². The fourth-order valence-electron chi connectivity index (χ4n) is 5.32. The summed E-state index contributed by atoms with van der Waals surface area (Å²) in [6, 6.07) is 18.5. The van der Waals surface area contributed by atoms with Crippen LogP contribution in [-0.4, -0.2) is 52.4 Å². The molecule has 2 saturated heterocycles. The molecule has 3 aromatic rings. The summed E-state index contributed by atoms with van der Waals surface area (Å²) >= 11 is 6.83. The van der Waals surface area contributed by atoms with Crippen LogP contribution in [0.4, 0.5) is 15.9 Å². The second-order valence-corrected chi connectivity index (χ2v) is 11.6. The summed E-state index contributed by atoms with van der Waals surface area (Å²) in [6.45, 7) is 7.06. The maximum atomic E-state index is 13.5. The van der Waals surface area contributed by atoms with Crippen molar-refractivity contribution >= 4 is 51.8 Å². The number of pyridine rings is 1. The Morgan fingerprint density at radius 2 is 1.68 bits per heavy atom. The van der Waals surface area contributed by atoms with Crippen molar-refractivity contribution in [2.24, 2.45) is 0 Å². The number of amides is 1. The number of benzene rings is 2. The number of carbonyl (C=O) groups is 1. The monoisotopic (exact) mass is 587 g/mol. The molecule has 2 aliphatic rings. The minimum atomic E-state index is -0.337. The summed E-state index contributed by atoms with van der Waals surface area (Å²) in [5.41, 5.74) is 3.03. The van der Waals surface area contributed by atoms with Gasteiger partial charge in [0.1, 0.15) is 27.6 Å². The SMILES string of the molecule is CCn1c(N2CCN(c3ccc(F)cc3)CC2)c(C=C2SC(=S)N(CCc3ccccc3)C2=O)c(C)c(C#N)c1=O. The highest BCUT2D eigenvalue weighted by Gasteiger charge is 2.33. The van der Waals surface area contributed by atoms with Crippen molar-refractivity contribution in [1.82, 2.24) is 9.47 Å². The highest BCUT2D eigenvalue weighted by molar-refractivity contribution is 8.26. The smallest absolute Gasteiger partial charge is 0.270 e. The lowest BCUT2D eigenvalue weighted by Crippen LogP contribution is -2.48. The first-order valence-corrected chi connectivity index (χ1v) is 14.8. The second kappa shape index (κ2) is 12.3. The van der Waals surface area contributed by atoms with Gasteiger partial charge in [-0.25, -0.2) is 4.39 Å². The van der Waals surface area contributed by atoms with Gasteiger partial charge < -0.3 is 9.80 Å². The molecule has 1 amide bonds. The number of anilines is 2. The molecule has 210 valence electrons. The number of hydrogen-bond acceptors (Lipinski definition) is 7. The third-order valence-corrected chi connectivity index (χ3v) is 8.93. The van der Waals surface area contributed by atoms with Crippen molar-refractivity contribution in [3.63, 3.8) is 0 Å². The molecule has 0 radical (unpaired) electrons. The molecule has 2 fully saturated rings. The first kappa shape index (κ1) is 28.6. The summed E-state index contributed by atoms with van der Waals surface area (Å²) in [6.07, 6.45) is 2.48. The Kier molecular flexibility index (Phi) is 8.57. The van der Waals surface area contributed by atoms with E-state index >= 15 is 0 Å². The molecule has 0 N–H and O–H groups in total. The highest BCUT2D eigenvalue weighted by atomic mass is 32.2. The van der Waals surface area contributed by atoms with Gasteiger partial charge in [0.2, 0.25) is 0 Å². The largest absolute Gasteiger partial charge is 0.368 e. The molecular weight excluding hydrogens is 558 g/mol.